The number of methoxy groups -OCH3 is 2. The van der Waals surface area contributed by atoms with Crippen molar-refractivity contribution < 1.29 is 19.1 Å². The first-order chi connectivity index (χ1) is 11.1. The molecule has 1 aromatic carbocycles. The summed E-state index contributed by atoms with van der Waals surface area (Å²) in [6.45, 7) is 0. The summed E-state index contributed by atoms with van der Waals surface area (Å²) in [5.74, 6) is -1.89. The van der Waals surface area contributed by atoms with Crippen molar-refractivity contribution in [1.82, 2.24) is 0 Å². The standard InChI is InChI=1S/C18H23BrO4/c1-22-17(20)15(18(21)23-2)12-7-5-3-4-6-10-14-11-8-9-13-16(14)19/h3-4,8-9,11,13,15H,5-7,10,12H2,1-2H3/b4-3-. The van der Waals surface area contributed by atoms with Crippen LogP contribution in [-0.2, 0) is 25.5 Å². The van der Waals surface area contributed by atoms with Gasteiger partial charge in [0, 0.05) is 4.47 Å². The predicted octanol–water partition coefficient (Wildman–Crippen LogP) is 4.07. The molecule has 0 spiro atoms. The molecular formula is C18H23BrO4. The highest BCUT2D eigenvalue weighted by Crippen LogP contribution is 2.18. The number of halogens is 1. The molecular weight excluding hydrogens is 360 g/mol. The molecule has 1 aromatic rings. The van der Waals surface area contributed by atoms with E-state index < -0.39 is 17.9 Å². The van der Waals surface area contributed by atoms with E-state index in [2.05, 4.69) is 43.6 Å². The lowest BCUT2D eigenvalue weighted by Gasteiger charge is -2.11. The van der Waals surface area contributed by atoms with Crippen LogP contribution in [0.1, 0.15) is 31.2 Å². The maximum atomic E-state index is 11.5. The summed E-state index contributed by atoms with van der Waals surface area (Å²) in [5, 5.41) is 0. The second-order valence-corrected chi connectivity index (χ2v) is 5.99. The molecule has 0 aliphatic heterocycles. The Morgan fingerprint density at radius 3 is 2.30 bits per heavy atom. The highest BCUT2D eigenvalue weighted by molar-refractivity contribution is 9.10. The molecule has 0 N–H and O–H groups in total. The number of hydrogen-bond donors (Lipinski definition) is 0. The number of aryl methyl sites for hydroxylation is 1. The molecule has 0 bridgehead atoms. The van der Waals surface area contributed by atoms with Crippen LogP contribution in [0.2, 0.25) is 0 Å². The van der Waals surface area contributed by atoms with Gasteiger partial charge in [-0.15, -0.1) is 0 Å². The van der Waals surface area contributed by atoms with Crippen LogP contribution in [0, 0.1) is 5.92 Å². The van der Waals surface area contributed by atoms with Crippen LogP contribution in [0.3, 0.4) is 0 Å². The number of unbranched alkanes of at least 4 members (excludes halogenated alkanes) is 1. The fourth-order valence-corrected chi connectivity index (χ4v) is 2.71. The zero-order valence-electron chi connectivity index (χ0n) is 13.6. The first-order valence-corrected chi connectivity index (χ1v) is 8.43. The number of rotatable bonds is 9. The SMILES string of the molecule is COC(=O)C(CCC/C=C\CCc1ccccc1Br)C(=O)OC. The minimum absolute atomic E-state index is 0.438. The van der Waals surface area contributed by atoms with E-state index >= 15 is 0 Å². The van der Waals surface area contributed by atoms with Crippen LogP contribution in [0.15, 0.2) is 40.9 Å². The van der Waals surface area contributed by atoms with Crippen molar-refractivity contribution in [2.75, 3.05) is 14.2 Å². The van der Waals surface area contributed by atoms with Crippen molar-refractivity contribution in [3.63, 3.8) is 0 Å². The number of ether oxygens (including phenoxy) is 2. The Bertz CT molecular complexity index is 524. The van der Waals surface area contributed by atoms with Crippen molar-refractivity contribution in [3.8, 4) is 0 Å². The fourth-order valence-electron chi connectivity index (χ4n) is 2.23. The van der Waals surface area contributed by atoms with E-state index in [1.54, 1.807) is 0 Å². The van der Waals surface area contributed by atoms with Crippen LogP contribution in [0.5, 0.6) is 0 Å². The van der Waals surface area contributed by atoms with Crippen molar-refractivity contribution in [3.05, 3.63) is 46.5 Å². The Hall–Kier alpha value is -1.62. The summed E-state index contributed by atoms with van der Waals surface area (Å²) >= 11 is 3.54. The van der Waals surface area contributed by atoms with Gasteiger partial charge in [0.2, 0.25) is 0 Å². The molecule has 0 radical (unpaired) electrons. The van der Waals surface area contributed by atoms with Gasteiger partial charge >= 0.3 is 11.9 Å². The smallest absolute Gasteiger partial charge is 0.320 e. The number of hydrogen-bond acceptors (Lipinski definition) is 4. The second-order valence-electron chi connectivity index (χ2n) is 5.13. The molecule has 0 heterocycles. The number of carbonyl (C=O) groups excluding carboxylic acids is 2. The Balaban J connectivity index is 2.29. The van der Waals surface area contributed by atoms with Gasteiger partial charge in [0.15, 0.2) is 5.92 Å². The first kappa shape index (κ1) is 19.4. The number of allylic oxidation sites excluding steroid dienone is 2. The lowest BCUT2D eigenvalue weighted by molar-refractivity contribution is -0.159. The monoisotopic (exact) mass is 382 g/mol. The number of benzene rings is 1. The summed E-state index contributed by atoms with van der Waals surface area (Å²) in [5.41, 5.74) is 1.29. The Morgan fingerprint density at radius 2 is 1.70 bits per heavy atom. The normalized spacial score (nSPS) is 11.0. The molecule has 23 heavy (non-hydrogen) atoms. The third-order valence-electron chi connectivity index (χ3n) is 3.54. The number of carbonyl (C=O) groups is 2. The van der Waals surface area contributed by atoms with E-state index in [-0.39, 0.29) is 0 Å². The topological polar surface area (TPSA) is 52.6 Å². The molecule has 0 aliphatic carbocycles. The van der Waals surface area contributed by atoms with Gasteiger partial charge in [-0.05, 0) is 43.7 Å². The number of esters is 2. The van der Waals surface area contributed by atoms with Gasteiger partial charge in [0.05, 0.1) is 14.2 Å². The van der Waals surface area contributed by atoms with Crippen LogP contribution < -0.4 is 0 Å². The van der Waals surface area contributed by atoms with E-state index in [1.165, 1.54) is 19.8 Å². The molecule has 0 saturated heterocycles. The van der Waals surface area contributed by atoms with Gasteiger partial charge in [0.1, 0.15) is 0 Å². The Labute approximate surface area is 146 Å². The first-order valence-electron chi connectivity index (χ1n) is 7.64. The molecule has 0 fully saturated rings. The molecule has 0 saturated carbocycles. The summed E-state index contributed by atoms with van der Waals surface area (Å²) in [4.78, 5) is 23.0. The Kier molecular flexibility index (Phi) is 9.29. The highest BCUT2D eigenvalue weighted by atomic mass is 79.9. The van der Waals surface area contributed by atoms with Gasteiger partial charge in [-0.1, -0.05) is 46.3 Å². The molecule has 4 nitrogen and oxygen atoms in total. The average molecular weight is 383 g/mol. The van der Waals surface area contributed by atoms with Gasteiger partial charge < -0.3 is 9.47 Å². The third kappa shape index (κ3) is 6.99. The molecule has 0 amide bonds. The maximum absolute atomic E-state index is 11.5. The molecule has 0 aromatic heterocycles. The summed E-state index contributed by atoms with van der Waals surface area (Å²) in [7, 11) is 2.56. The van der Waals surface area contributed by atoms with Gasteiger partial charge in [-0.25, -0.2) is 0 Å². The minimum atomic E-state index is -0.821. The maximum Gasteiger partial charge on any atom is 0.320 e. The minimum Gasteiger partial charge on any atom is -0.468 e. The molecule has 0 atom stereocenters. The molecule has 126 valence electrons. The predicted molar refractivity (Wildman–Crippen MR) is 93.0 cm³/mol. The fraction of sp³-hybridized carbons (Fsp3) is 0.444. The zero-order chi connectivity index (χ0) is 17.1. The zero-order valence-corrected chi connectivity index (χ0v) is 15.2. The van der Waals surface area contributed by atoms with E-state index in [4.69, 9.17) is 0 Å². The lowest BCUT2D eigenvalue weighted by Crippen LogP contribution is -2.26. The summed E-state index contributed by atoms with van der Waals surface area (Å²) in [6.07, 6.45) is 8.15. The van der Waals surface area contributed by atoms with Gasteiger partial charge in [0.25, 0.3) is 0 Å². The molecule has 0 unspecified atom stereocenters. The highest BCUT2D eigenvalue weighted by Gasteiger charge is 2.27. The van der Waals surface area contributed by atoms with Crippen molar-refractivity contribution in [1.29, 1.82) is 0 Å². The average Bonchev–Trinajstić information content (AvgIpc) is 2.57. The van der Waals surface area contributed by atoms with Crippen molar-refractivity contribution in [2.45, 2.75) is 32.1 Å². The van der Waals surface area contributed by atoms with E-state index in [0.717, 1.165) is 30.2 Å². The quantitative estimate of drug-likeness (QED) is 0.279. The molecule has 0 aliphatic rings. The van der Waals surface area contributed by atoms with E-state index in [0.29, 0.717) is 6.42 Å². The van der Waals surface area contributed by atoms with Crippen LogP contribution in [-0.4, -0.2) is 26.2 Å². The van der Waals surface area contributed by atoms with Crippen LogP contribution in [0.25, 0.3) is 0 Å². The van der Waals surface area contributed by atoms with Crippen LogP contribution >= 0.6 is 15.9 Å². The third-order valence-corrected chi connectivity index (χ3v) is 4.31. The summed E-state index contributed by atoms with van der Waals surface area (Å²) in [6, 6.07) is 8.18. The van der Waals surface area contributed by atoms with Crippen molar-refractivity contribution in [2.24, 2.45) is 5.92 Å². The molecule has 1 rings (SSSR count). The van der Waals surface area contributed by atoms with E-state index in [9.17, 15) is 9.59 Å². The lowest BCUT2D eigenvalue weighted by atomic mass is 10.0. The molecule has 5 heteroatoms. The summed E-state index contributed by atoms with van der Waals surface area (Å²) < 4.78 is 10.4. The van der Waals surface area contributed by atoms with Crippen molar-refractivity contribution >= 4 is 27.9 Å². The van der Waals surface area contributed by atoms with Crippen LogP contribution in [0.4, 0.5) is 0 Å². The van der Waals surface area contributed by atoms with Gasteiger partial charge in [-0.2, -0.15) is 0 Å². The van der Waals surface area contributed by atoms with Gasteiger partial charge in [-0.3, -0.25) is 9.59 Å². The Morgan fingerprint density at radius 1 is 1.09 bits per heavy atom. The second kappa shape index (κ2) is 11.0. The van der Waals surface area contributed by atoms with E-state index in [1.807, 2.05) is 18.2 Å². The largest absolute Gasteiger partial charge is 0.468 e.